The fourth-order valence-corrected chi connectivity index (χ4v) is 2.19. The van der Waals surface area contributed by atoms with Gasteiger partial charge in [-0.2, -0.15) is 0 Å². The van der Waals surface area contributed by atoms with Crippen LogP contribution in [0.5, 0.6) is 0 Å². The van der Waals surface area contributed by atoms with Crippen LogP contribution in [0.25, 0.3) is 0 Å². The monoisotopic (exact) mass is 272 g/mol. The van der Waals surface area contributed by atoms with Crippen molar-refractivity contribution in [3.05, 3.63) is 34.6 Å². The van der Waals surface area contributed by atoms with Gasteiger partial charge in [-0.05, 0) is 32.1 Å². The van der Waals surface area contributed by atoms with E-state index in [1.54, 1.807) is 12.1 Å². The third kappa shape index (κ3) is 4.56. The molecule has 0 amide bonds. The van der Waals surface area contributed by atoms with Gasteiger partial charge in [0.25, 0.3) is 0 Å². The topological polar surface area (TPSA) is 15.3 Å². The van der Waals surface area contributed by atoms with Gasteiger partial charge in [0.15, 0.2) is 0 Å². The van der Waals surface area contributed by atoms with Gasteiger partial charge in [0.05, 0.1) is 0 Å². The summed E-state index contributed by atoms with van der Waals surface area (Å²) in [5, 5.41) is 3.73. The predicted molar refractivity (Wildman–Crippen MR) is 75.4 cm³/mol. The number of halogens is 2. The molecule has 2 nitrogen and oxygen atoms in total. The molecule has 0 saturated heterocycles. The highest BCUT2D eigenvalue weighted by Crippen LogP contribution is 2.14. The summed E-state index contributed by atoms with van der Waals surface area (Å²) >= 11 is 5.72. The van der Waals surface area contributed by atoms with E-state index in [0.29, 0.717) is 29.1 Å². The smallest absolute Gasteiger partial charge is 0.129 e. The Morgan fingerprint density at radius 2 is 2.00 bits per heavy atom. The molecule has 1 N–H and O–H groups in total. The van der Waals surface area contributed by atoms with E-state index in [4.69, 9.17) is 11.6 Å². The molecule has 0 saturated carbocycles. The number of likely N-dealkylation sites (N-methyl/N-ethyl adjacent to an activating group) is 1. The molecular formula is C14H22ClFN2. The molecule has 0 aromatic heterocycles. The maximum absolute atomic E-state index is 13.6. The number of nitrogens with zero attached hydrogens (tertiary/aromatic N) is 1. The third-order valence-corrected chi connectivity index (χ3v) is 3.35. The van der Waals surface area contributed by atoms with E-state index in [0.717, 1.165) is 6.54 Å². The Hall–Kier alpha value is -0.640. The Labute approximate surface area is 114 Å². The van der Waals surface area contributed by atoms with Gasteiger partial charge in [-0.1, -0.05) is 31.5 Å². The third-order valence-electron chi connectivity index (χ3n) is 3.12. The highest BCUT2D eigenvalue weighted by Gasteiger charge is 2.15. The normalized spacial score (nSPS) is 13.3. The minimum atomic E-state index is -0.249. The molecule has 1 aromatic rings. The van der Waals surface area contributed by atoms with E-state index in [1.165, 1.54) is 6.07 Å². The van der Waals surface area contributed by atoms with E-state index < -0.39 is 0 Å². The van der Waals surface area contributed by atoms with Gasteiger partial charge < -0.3 is 10.2 Å². The SMILES string of the molecule is CC(C)C(CNCc1ccc(Cl)cc1F)N(C)C. The number of rotatable bonds is 6. The largest absolute Gasteiger partial charge is 0.311 e. The van der Waals surface area contributed by atoms with Crippen LogP contribution in [0.3, 0.4) is 0 Å². The quantitative estimate of drug-likeness (QED) is 0.856. The van der Waals surface area contributed by atoms with Crippen LogP contribution in [-0.4, -0.2) is 31.6 Å². The molecule has 0 aliphatic heterocycles. The van der Waals surface area contributed by atoms with Crippen molar-refractivity contribution in [3.63, 3.8) is 0 Å². The Morgan fingerprint density at radius 3 is 2.50 bits per heavy atom. The van der Waals surface area contributed by atoms with Crippen molar-refractivity contribution in [2.24, 2.45) is 5.92 Å². The molecular weight excluding hydrogens is 251 g/mol. The van der Waals surface area contributed by atoms with E-state index in [1.807, 2.05) is 0 Å². The molecule has 1 atom stereocenters. The lowest BCUT2D eigenvalue weighted by atomic mass is 10.0. The van der Waals surface area contributed by atoms with Gasteiger partial charge in [-0.3, -0.25) is 0 Å². The fraction of sp³-hybridized carbons (Fsp3) is 0.571. The van der Waals surface area contributed by atoms with Gasteiger partial charge >= 0.3 is 0 Å². The van der Waals surface area contributed by atoms with Gasteiger partial charge in [0.1, 0.15) is 5.82 Å². The number of hydrogen-bond acceptors (Lipinski definition) is 2. The molecule has 0 bridgehead atoms. The zero-order valence-corrected chi connectivity index (χ0v) is 12.3. The molecule has 0 aliphatic rings. The van der Waals surface area contributed by atoms with Crippen molar-refractivity contribution < 1.29 is 4.39 Å². The second-order valence-electron chi connectivity index (χ2n) is 5.14. The van der Waals surface area contributed by atoms with Crippen molar-refractivity contribution in [3.8, 4) is 0 Å². The zero-order valence-electron chi connectivity index (χ0n) is 11.5. The predicted octanol–water partition coefficient (Wildman–Crippen LogP) is 3.15. The molecule has 4 heteroatoms. The van der Waals surface area contributed by atoms with Crippen LogP contribution in [0.2, 0.25) is 5.02 Å². The van der Waals surface area contributed by atoms with Crippen LogP contribution >= 0.6 is 11.6 Å². The first-order valence-electron chi connectivity index (χ1n) is 6.23. The minimum absolute atomic E-state index is 0.249. The van der Waals surface area contributed by atoms with Crippen molar-refractivity contribution in [1.29, 1.82) is 0 Å². The summed E-state index contributed by atoms with van der Waals surface area (Å²) in [6.45, 7) is 5.75. The molecule has 0 aliphatic carbocycles. The Balaban J connectivity index is 2.50. The van der Waals surface area contributed by atoms with Crippen LogP contribution in [0.15, 0.2) is 18.2 Å². The average Bonchev–Trinajstić information content (AvgIpc) is 2.25. The van der Waals surface area contributed by atoms with Gasteiger partial charge in [-0.15, -0.1) is 0 Å². The lowest BCUT2D eigenvalue weighted by molar-refractivity contribution is 0.224. The maximum atomic E-state index is 13.6. The molecule has 1 unspecified atom stereocenters. The first-order valence-corrected chi connectivity index (χ1v) is 6.60. The van der Waals surface area contributed by atoms with Crippen LogP contribution in [-0.2, 0) is 6.54 Å². The highest BCUT2D eigenvalue weighted by molar-refractivity contribution is 6.30. The fourth-order valence-electron chi connectivity index (χ4n) is 2.03. The Kier molecular flexibility index (Phi) is 6.06. The maximum Gasteiger partial charge on any atom is 0.129 e. The summed E-state index contributed by atoms with van der Waals surface area (Å²) in [5.74, 6) is 0.309. The van der Waals surface area contributed by atoms with Gasteiger partial charge in [0, 0.05) is 29.7 Å². The highest BCUT2D eigenvalue weighted by atomic mass is 35.5. The van der Waals surface area contributed by atoms with E-state index in [2.05, 4.69) is 38.2 Å². The molecule has 0 spiro atoms. The van der Waals surface area contributed by atoms with Crippen LogP contribution < -0.4 is 5.32 Å². The Morgan fingerprint density at radius 1 is 1.33 bits per heavy atom. The average molecular weight is 273 g/mol. The summed E-state index contributed by atoms with van der Waals surface area (Å²) in [4.78, 5) is 2.19. The molecule has 0 heterocycles. The molecule has 1 aromatic carbocycles. The van der Waals surface area contributed by atoms with Crippen molar-refractivity contribution >= 4 is 11.6 Å². The molecule has 0 radical (unpaired) electrons. The van der Waals surface area contributed by atoms with E-state index in [-0.39, 0.29) is 5.82 Å². The summed E-state index contributed by atoms with van der Waals surface area (Å²) in [7, 11) is 4.13. The molecule has 102 valence electrons. The number of nitrogens with one attached hydrogen (secondary N) is 1. The van der Waals surface area contributed by atoms with Crippen molar-refractivity contribution in [2.75, 3.05) is 20.6 Å². The van der Waals surface area contributed by atoms with Crippen LogP contribution in [0.4, 0.5) is 4.39 Å². The van der Waals surface area contributed by atoms with Gasteiger partial charge in [-0.25, -0.2) is 4.39 Å². The second kappa shape index (κ2) is 7.07. The standard InChI is InChI=1S/C14H22ClFN2/c1-10(2)14(18(3)4)9-17-8-11-5-6-12(15)7-13(11)16/h5-7,10,14,17H,8-9H2,1-4H3. The summed E-state index contributed by atoms with van der Waals surface area (Å²) < 4.78 is 13.6. The van der Waals surface area contributed by atoms with Crippen molar-refractivity contribution in [1.82, 2.24) is 10.2 Å². The first kappa shape index (κ1) is 15.4. The zero-order chi connectivity index (χ0) is 13.7. The van der Waals surface area contributed by atoms with Crippen LogP contribution in [0.1, 0.15) is 19.4 Å². The van der Waals surface area contributed by atoms with E-state index in [9.17, 15) is 4.39 Å². The van der Waals surface area contributed by atoms with E-state index >= 15 is 0 Å². The number of hydrogen-bond donors (Lipinski definition) is 1. The second-order valence-corrected chi connectivity index (χ2v) is 5.58. The van der Waals surface area contributed by atoms with Gasteiger partial charge in [0.2, 0.25) is 0 Å². The van der Waals surface area contributed by atoms with Crippen molar-refractivity contribution in [2.45, 2.75) is 26.4 Å². The number of benzene rings is 1. The Bertz CT molecular complexity index is 372. The summed E-state index contributed by atoms with van der Waals surface area (Å²) in [5.41, 5.74) is 0.653. The first-order chi connectivity index (χ1) is 8.41. The molecule has 1 rings (SSSR count). The summed E-state index contributed by atoms with van der Waals surface area (Å²) in [6.07, 6.45) is 0. The minimum Gasteiger partial charge on any atom is -0.311 e. The molecule has 0 fully saturated rings. The molecule has 18 heavy (non-hydrogen) atoms. The lowest BCUT2D eigenvalue weighted by Crippen LogP contribution is -2.41. The summed E-state index contributed by atoms with van der Waals surface area (Å²) in [6, 6.07) is 5.24. The lowest BCUT2D eigenvalue weighted by Gasteiger charge is -2.28. The van der Waals surface area contributed by atoms with Crippen LogP contribution in [0, 0.1) is 11.7 Å².